The van der Waals surface area contributed by atoms with Crippen LogP contribution in [0, 0.1) is 15.9 Å². The molecule has 1 saturated heterocycles. The first-order valence-corrected chi connectivity index (χ1v) is 5.85. The maximum absolute atomic E-state index is 13.5. The SMILES string of the molecule is O=C(O)C1CCC(=O)N1Cc1ccc([N+](=O)[O-])c(F)c1. The molecule has 0 spiro atoms. The summed E-state index contributed by atoms with van der Waals surface area (Å²) in [5.74, 6) is -2.44. The van der Waals surface area contributed by atoms with Gasteiger partial charge in [-0.25, -0.2) is 4.79 Å². The van der Waals surface area contributed by atoms with Gasteiger partial charge >= 0.3 is 11.7 Å². The number of carbonyl (C=O) groups excluding carboxylic acids is 1. The standard InChI is InChI=1S/C12H11FN2O5/c13-8-5-7(1-2-9(8)15(19)20)6-14-10(12(17)18)3-4-11(14)16/h1-2,5,10H,3-4,6H2,(H,17,18). The van der Waals surface area contributed by atoms with Gasteiger partial charge in [0.25, 0.3) is 0 Å². The molecule has 0 radical (unpaired) electrons. The molecule has 1 fully saturated rings. The number of likely N-dealkylation sites (tertiary alicyclic amines) is 1. The van der Waals surface area contributed by atoms with Gasteiger partial charge in [0.15, 0.2) is 0 Å². The van der Waals surface area contributed by atoms with Crippen LogP contribution in [0.15, 0.2) is 18.2 Å². The number of carboxylic acids is 1. The Kier molecular flexibility index (Phi) is 3.64. The zero-order valence-corrected chi connectivity index (χ0v) is 10.3. The Balaban J connectivity index is 2.21. The Morgan fingerprint density at radius 3 is 2.80 bits per heavy atom. The van der Waals surface area contributed by atoms with Gasteiger partial charge in [-0.15, -0.1) is 0 Å². The summed E-state index contributed by atoms with van der Waals surface area (Å²) >= 11 is 0. The quantitative estimate of drug-likeness (QED) is 0.662. The highest BCUT2D eigenvalue weighted by molar-refractivity contribution is 5.87. The van der Waals surface area contributed by atoms with Crippen molar-refractivity contribution >= 4 is 17.6 Å². The van der Waals surface area contributed by atoms with Gasteiger partial charge in [-0.2, -0.15) is 4.39 Å². The van der Waals surface area contributed by atoms with Gasteiger partial charge in [-0.3, -0.25) is 14.9 Å². The Labute approximate surface area is 112 Å². The minimum atomic E-state index is -1.11. The molecule has 1 aromatic carbocycles. The summed E-state index contributed by atoms with van der Waals surface area (Å²) in [6.07, 6.45) is 0.343. The average Bonchev–Trinajstić information content (AvgIpc) is 2.71. The molecule has 1 atom stereocenters. The largest absolute Gasteiger partial charge is 0.480 e. The minimum absolute atomic E-state index is 0.0787. The van der Waals surface area contributed by atoms with Crippen LogP contribution in [-0.4, -0.2) is 32.8 Å². The maximum Gasteiger partial charge on any atom is 0.326 e. The average molecular weight is 282 g/mol. The summed E-state index contributed by atoms with van der Waals surface area (Å²) in [5.41, 5.74) is -0.342. The highest BCUT2D eigenvalue weighted by Gasteiger charge is 2.36. The van der Waals surface area contributed by atoms with Gasteiger partial charge in [0.05, 0.1) is 4.92 Å². The minimum Gasteiger partial charge on any atom is -0.480 e. The predicted octanol–water partition coefficient (Wildman–Crippen LogP) is 1.31. The lowest BCUT2D eigenvalue weighted by Crippen LogP contribution is -2.37. The van der Waals surface area contributed by atoms with Gasteiger partial charge in [0.1, 0.15) is 6.04 Å². The van der Waals surface area contributed by atoms with E-state index in [0.29, 0.717) is 5.56 Å². The number of amides is 1. The second kappa shape index (κ2) is 5.24. The van der Waals surface area contributed by atoms with E-state index < -0.39 is 28.4 Å². The second-order valence-electron chi connectivity index (χ2n) is 4.46. The number of nitro groups is 1. The molecule has 8 heteroatoms. The van der Waals surface area contributed by atoms with Crippen molar-refractivity contribution in [2.75, 3.05) is 0 Å². The van der Waals surface area contributed by atoms with Crippen LogP contribution in [0.5, 0.6) is 0 Å². The third kappa shape index (κ3) is 2.58. The Hall–Kier alpha value is -2.51. The molecule has 1 aliphatic heterocycles. The van der Waals surface area contributed by atoms with Crippen molar-refractivity contribution in [1.82, 2.24) is 4.90 Å². The number of nitrogens with zero attached hydrogens (tertiary/aromatic N) is 2. The van der Waals surface area contributed by atoms with E-state index in [-0.39, 0.29) is 25.3 Å². The summed E-state index contributed by atoms with van der Waals surface area (Å²) in [7, 11) is 0. The highest BCUT2D eigenvalue weighted by Crippen LogP contribution is 2.24. The van der Waals surface area contributed by atoms with Crippen LogP contribution >= 0.6 is 0 Å². The van der Waals surface area contributed by atoms with Gasteiger partial charge in [0.2, 0.25) is 11.7 Å². The molecule has 106 valence electrons. The third-order valence-electron chi connectivity index (χ3n) is 3.17. The van der Waals surface area contributed by atoms with Gasteiger partial charge in [-0.05, 0) is 18.1 Å². The molecule has 1 amide bonds. The first-order valence-electron chi connectivity index (χ1n) is 5.85. The fraction of sp³-hybridized carbons (Fsp3) is 0.333. The summed E-state index contributed by atoms with van der Waals surface area (Å²) in [4.78, 5) is 33.4. The number of halogens is 1. The number of benzene rings is 1. The summed E-state index contributed by atoms with van der Waals surface area (Å²) in [5, 5.41) is 19.5. The van der Waals surface area contributed by atoms with Crippen molar-refractivity contribution in [3.05, 3.63) is 39.7 Å². The van der Waals surface area contributed by atoms with Gasteiger partial charge < -0.3 is 10.0 Å². The summed E-state index contributed by atoms with van der Waals surface area (Å²) < 4.78 is 13.5. The molecular formula is C12H11FN2O5. The normalized spacial score (nSPS) is 18.4. The van der Waals surface area contributed by atoms with Crippen molar-refractivity contribution < 1.29 is 24.0 Å². The van der Waals surface area contributed by atoms with Crippen LogP contribution in [0.25, 0.3) is 0 Å². The van der Waals surface area contributed by atoms with E-state index in [9.17, 15) is 24.1 Å². The molecule has 0 bridgehead atoms. The Morgan fingerprint density at radius 2 is 2.25 bits per heavy atom. The van der Waals surface area contributed by atoms with E-state index in [1.807, 2.05) is 0 Å². The number of aliphatic carboxylic acids is 1. The fourth-order valence-corrected chi connectivity index (χ4v) is 2.18. The molecule has 1 N–H and O–H groups in total. The Bertz CT molecular complexity index is 589. The topological polar surface area (TPSA) is 101 Å². The lowest BCUT2D eigenvalue weighted by atomic mass is 10.1. The molecular weight excluding hydrogens is 271 g/mol. The summed E-state index contributed by atoms with van der Waals surface area (Å²) in [6, 6.07) is 2.33. The molecule has 0 aromatic heterocycles. The van der Waals surface area contributed by atoms with Crippen LogP contribution in [0.2, 0.25) is 0 Å². The van der Waals surface area contributed by atoms with Crippen molar-refractivity contribution in [3.8, 4) is 0 Å². The van der Waals surface area contributed by atoms with E-state index in [2.05, 4.69) is 0 Å². The van der Waals surface area contributed by atoms with E-state index >= 15 is 0 Å². The smallest absolute Gasteiger partial charge is 0.326 e. The van der Waals surface area contributed by atoms with Crippen molar-refractivity contribution in [3.63, 3.8) is 0 Å². The van der Waals surface area contributed by atoms with Crippen LogP contribution < -0.4 is 0 Å². The molecule has 1 aromatic rings. The van der Waals surface area contributed by atoms with Crippen LogP contribution in [-0.2, 0) is 16.1 Å². The summed E-state index contributed by atoms with van der Waals surface area (Å²) in [6.45, 7) is -0.0787. The second-order valence-corrected chi connectivity index (χ2v) is 4.46. The van der Waals surface area contributed by atoms with E-state index in [0.717, 1.165) is 17.0 Å². The van der Waals surface area contributed by atoms with E-state index in [1.165, 1.54) is 6.07 Å². The maximum atomic E-state index is 13.5. The first-order chi connectivity index (χ1) is 9.40. The number of hydrogen-bond acceptors (Lipinski definition) is 4. The van der Waals surface area contributed by atoms with Gasteiger partial charge in [0, 0.05) is 19.0 Å². The molecule has 2 rings (SSSR count). The highest BCUT2D eigenvalue weighted by atomic mass is 19.1. The molecule has 1 aliphatic rings. The molecule has 0 aliphatic carbocycles. The molecule has 20 heavy (non-hydrogen) atoms. The number of carboxylic acid groups (broad SMARTS) is 1. The molecule has 7 nitrogen and oxygen atoms in total. The van der Waals surface area contributed by atoms with Crippen LogP contribution in [0.1, 0.15) is 18.4 Å². The number of nitro benzene ring substituents is 1. The number of rotatable bonds is 4. The Morgan fingerprint density at radius 1 is 1.55 bits per heavy atom. The van der Waals surface area contributed by atoms with E-state index in [4.69, 9.17) is 5.11 Å². The monoisotopic (exact) mass is 282 g/mol. The third-order valence-corrected chi connectivity index (χ3v) is 3.17. The van der Waals surface area contributed by atoms with Crippen molar-refractivity contribution in [2.45, 2.75) is 25.4 Å². The number of carbonyl (C=O) groups is 2. The number of hydrogen-bond donors (Lipinski definition) is 1. The zero-order chi connectivity index (χ0) is 14.9. The predicted molar refractivity (Wildman–Crippen MR) is 64.3 cm³/mol. The van der Waals surface area contributed by atoms with E-state index in [1.54, 1.807) is 0 Å². The molecule has 1 unspecified atom stereocenters. The van der Waals surface area contributed by atoms with Gasteiger partial charge in [-0.1, -0.05) is 6.07 Å². The first kappa shape index (κ1) is 13.9. The lowest BCUT2D eigenvalue weighted by molar-refractivity contribution is -0.387. The van der Waals surface area contributed by atoms with Crippen molar-refractivity contribution in [2.24, 2.45) is 0 Å². The molecule has 0 saturated carbocycles. The van der Waals surface area contributed by atoms with Crippen LogP contribution in [0.4, 0.5) is 10.1 Å². The zero-order valence-electron chi connectivity index (χ0n) is 10.3. The van der Waals surface area contributed by atoms with Crippen molar-refractivity contribution in [1.29, 1.82) is 0 Å². The molecule has 1 heterocycles. The fourth-order valence-electron chi connectivity index (χ4n) is 2.18. The lowest BCUT2D eigenvalue weighted by Gasteiger charge is -2.21. The van der Waals surface area contributed by atoms with Crippen LogP contribution in [0.3, 0.4) is 0 Å².